The van der Waals surface area contributed by atoms with Crippen LogP contribution >= 0.6 is 0 Å². The molecule has 5 nitrogen and oxygen atoms in total. The average molecular weight is 266 g/mol. The van der Waals surface area contributed by atoms with Gasteiger partial charge in [0.15, 0.2) is 6.61 Å². The lowest BCUT2D eigenvalue weighted by molar-refractivity contribution is -0.136. The highest BCUT2D eigenvalue weighted by molar-refractivity contribution is 5.77. The van der Waals surface area contributed by atoms with Crippen molar-refractivity contribution in [3.8, 4) is 0 Å². The number of rotatable bonds is 6. The number of piperazine rings is 1. The molecule has 0 aromatic carbocycles. The van der Waals surface area contributed by atoms with Crippen LogP contribution in [0.1, 0.15) is 0 Å². The van der Waals surface area contributed by atoms with E-state index in [0.29, 0.717) is 11.5 Å². The monoisotopic (exact) mass is 266 g/mol. The molecule has 0 spiro atoms. The van der Waals surface area contributed by atoms with Crippen molar-refractivity contribution < 1.29 is 14.3 Å². The zero-order valence-corrected chi connectivity index (χ0v) is 11.7. The van der Waals surface area contributed by atoms with E-state index in [4.69, 9.17) is 9.47 Å². The Bertz CT molecular complexity index is 369. The van der Waals surface area contributed by atoms with Gasteiger partial charge in [0, 0.05) is 26.2 Å². The molecule has 0 saturated carbocycles. The van der Waals surface area contributed by atoms with Gasteiger partial charge in [-0.3, -0.25) is 4.79 Å². The van der Waals surface area contributed by atoms with Crippen LogP contribution in [0, 0.1) is 0 Å². The average Bonchev–Trinajstić information content (AvgIpc) is 2.42. The van der Waals surface area contributed by atoms with Gasteiger partial charge >= 0.3 is 0 Å². The molecular formula is C14H22N2O3. The van der Waals surface area contributed by atoms with Crippen LogP contribution in [0.5, 0.6) is 0 Å². The van der Waals surface area contributed by atoms with E-state index in [1.54, 1.807) is 12.2 Å². The summed E-state index contributed by atoms with van der Waals surface area (Å²) in [6, 6.07) is 0. The predicted octanol–water partition coefficient (Wildman–Crippen LogP) is 1.01. The third kappa shape index (κ3) is 5.61. The molecule has 0 radical (unpaired) electrons. The van der Waals surface area contributed by atoms with E-state index in [9.17, 15) is 4.79 Å². The fourth-order valence-electron chi connectivity index (χ4n) is 1.60. The molecule has 1 aliphatic rings. The molecule has 0 aliphatic carbocycles. The van der Waals surface area contributed by atoms with E-state index in [1.807, 2.05) is 11.9 Å². The van der Waals surface area contributed by atoms with Crippen LogP contribution in [0.2, 0.25) is 0 Å². The minimum Gasteiger partial charge on any atom is -0.497 e. The fourth-order valence-corrected chi connectivity index (χ4v) is 1.60. The molecule has 1 amide bonds. The molecule has 106 valence electrons. The number of methoxy groups -OCH3 is 1. The van der Waals surface area contributed by atoms with Gasteiger partial charge in [0.25, 0.3) is 5.91 Å². The first-order valence-corrected chi connectivity index (χ1v) is 6.22. The Balaban J connectivity index is 2.28. The number of hydrogen-bond donors (Lipinski definition) is 0. The standard InChI is InChI=1S/C14H22N2O3/c1-12(18-4)5-6-13(2)19-11-14(17)16-9-7-15(3)8-10-16/h5-6H,1-2,7-11H2,3-4H3/b6-5-. The van der Waals surface area contributed by atoms with Crippen molar-refractivity contribution in [1.29, 1.82) is 0 Å². The first-order chi connectivity index (χ1) is 9.02. The van der Waals surface area contributed by atoms with Crippen LogP contribution in [0.4, 0.5) is 0 Å². The summed E-state index contributed by atoms with van der Waals surface area (Å²) in [6.45, 7) is 10.7. The van der Waals surface area contributed by atoms with Crippen LogP contribution < -0.4 is 0 Å². The van der Waals surface area contributed by atoms with E-state index < -0.39 is 0 Å². The minimum atomic E-state index is -0.00628. The fraction of sp³-hybridized carbons (Fsp3) is 0.500. The number of nitrogens with zero attached hydrogens (tertiary/aromatic N) is 2. The van der Waals surface area contributed by atoms with E-state index in [1.165, 1.54) is 7.11 Å². The van der Waals surface area contributed by atoms with E-state index in [0.717, 1.165) is 26.2 Å². The van der Waals surface area contributed by atoms with Crippen LogP contribution in [0.25, 0.3) is 0 Å². The predicted molar refractivity (Wildman–Crippen MR) is 74.5 cm³/mol. The highest BCUT2D eigenvalue weighted by atomic mass is 16.5. The van der Waals surface area contributed by atoms with Crippen LogP contribution in [0.3, 0.4) is 0 Å². The molecule has 0 N–H and O–H groups in total. The van der Waals surface area contributed by atoms with E-state index >= 15 is 0 Å². The van der Waals surface area contributed by atoms with Crippen molar-refractivity contribution in [3.05, 3.63) is 36.8 Å². The summed E-state index contributed by atoms with van der Waals surface area (Å²) >= 11 is 0. The topological polar surface area (TPSA) is 42.0 Å². The molecule has 0 atom stereocenters. The molecule has 1 heterocycles. The highest BCUT2D eigenvalue weighted by Crippen LogP contribution is 2.03. The summed E-state index contributed by atoms with van der Waals surface area (Å²) in [5.74, 6) is 0.920. The van der Waals surface area contributed by atoms with Gasteiger partial charge in [-0.05, 0) is 19.2 Å². The SMILES string of the molecule is C=C(/C=C\C(=C)OCC(=O)N1CCN(C)CC1)OC. The Morgan fingerprint density at radius 3 is 2.32 bits per heavy atom. The zero-order chi connectivity index (χ0) is 14.3. The van der Waals surface area contributed by atoms with Crippen molar-refractivity contribution in [2.24, 2.45) is 0 Å². The molecule has 5 heteroatoms. The van der Waals surface area contributed by atoms with Gasteiger partial charge in [-0.1, -0.05) is 13.2 Å². The largest absolute Gasteiger partial charge is 0.497 e. The molecule has 19 heavy (non-hydrogen) atoms. The second-order valence-electron chi connectivity index (χ2n) is 4.44. The van der Waals surface area contributed by atoms with E-state index in [2.05, 4.69) is 18.1 Å². The Hall–Kier alpha value is -1.75. The summed E-state index contributed by atoms with van der Waals surface area (Å²) in [5, 5.41) is 0. The van der Waals surface area contributed by atoms with Crippen molar-refractivity contribution in [2.75, 3.05) is 46.9 Å². The summed E-state index contributed by atoms with van der Waals surface area (Å²) in [4.78, 5) is 15.9. The zero-order valence-electron chi connectivity index (χ0n) is 11.7. The maximum Gasteiger partial charge on any atom is 0.260 e. The number of carbonyl (C=O) groups is 1. The van der Waals surface area contributed by atoms with Crippen molar-refractivity contribution in [3.63, 3.8) is 0 Å². The van der Waals surface area contributed by atoms with Gasteiger partial charge in [-0.2, -0.15) is 0 Å². The number of hydrogen-bond acceptors (Lipinski definition) is 4. The lowest BCUT2D eigenvalue weighted by Crippen LogP contribution is -2.48. The number of carbonyl (C=O) groups excluding carboxylic acids is 1. The maximum atomic E-state index is 11.9. The summed E-state index contributed by atoms with van der Waals surface area (Å²) < 4.78 is 10.2. The Labute approximate surface area is 114 Å². The molecule has 0 aromatic heterocycles. The number of amides is 1. The number of likely N-dealkylation sites (N-methyl/N-ethyl adjacent to an activating group) is 1. The summed E-state index contributed by atoms with van der Waals surface area (Å²) in [6.07, 6.45) is 3.27. The molecular weight excluding hydrogens is 244 g/mol. The van der Waals surface area contributed by atoms with Gasteiger partial charge in [0.2, 0.25) is 0 Å². The summed E-state index contributed by atoms with van der Waals surface area (Å²) in [5.41, 5.74) is 0. The van der Waals surface area contributed by atoms with Gasteiger partial charge in [-0.25, -0.2) is 0 Å². The smallest absolute Gasteiger partial charge is 0.260 e. The number of allylic oxidation sites excluding steroid dienone is 2. The second kappa shape index (κ2) is 7.63. The van der Waals surface area contributed by atoms with Crippen molar-refractivity contribution in [2.45, 2.75) is 0 Å². The molecule has 1 rings (SSSR count). The Morgan fingerprint density at radius 1 is 1.16 bits per heavy atom. The lowest BCUT2D eigenvalue weighted by Gasteiger charge is -2.32. The van der Waals surface area contributed by atoms with Crippen molar-refractivity contribution >= 4 is 5.91 Å². The van der Waals surface area contributed by atoms with E-state index in [-0.39, 0.29) is 12.5 Å². The number of ether oxygens (including phenoxy) is 2. The molecule has 1 aliphatic heterocycles. The summed E-state index contributed by atoms with van der Waals surface area (Å²) in [7, 11) is 3.58. The van der Waals surface area contributed by atoms with Gasteiger partial charge in [0.05, 0.1) is 7.11 Å². The normalized spacial score (nSPS) is 16.4. The second-order valence-corrected chi connectivity index (χ2v) is 4.44. The third-order valence-electron chi connectivity index (χ3n) is 2.95. The Morgan fingerprint density at radius 2 is 1.74 bits per heavy atom. The highest BCUT2D eigenvalue weighted by Gasteiger charge is 2.19. The minimum absolute atomic E-state index is 0.00628. The molecule has 0 aromatic rings. The van der Waals surface area contributed by atoms with Crippen LogP contribution in [-0.2, 0) is 14.3 Å². The first-order valence-electron chi connectivity index (χ1n) is 6.22. The molecule has 0 bridgehead atoms. The third-order valence-corrected chi connectivity index (χ3v) is 2.95. The van der Waals surface area contributed by atoms with Crippen LogP contribution in [0.15, 0.2) is 36.8 Å². The molecule has 1 saturated heterocycles. The van der Waals surface area contributed by atoms with Crippen LogP contribution in [-0.4, -0.2) is 62.7 Å². The quantitative estimate of drug-likeness (QED) is 0.531. The van der Waals surface area contributed by atoms with Gasteiger partial charge < -0.3 is 19.3 Å². The molecule has 1 fully saturated rings. The molecule has 0 unspecified atom stereocenters. The van der Waals surface area contributed by atoms with Gasteiger partial charge in [-0.15, -0.1) is 0 Å². The van der Waals surface area contributed by atoms with Gasteiger partial charge in [0.1, 0.15) is 11.5 Å². The maximum absolute atomic E-state index is 11.9. The van der Waals surface area contributed by atoms with Crippen molar-refractivity contribution in [1.82, 2.24) is 9.80 Å². The first kappa shape index (κ1) is 15.3. The lowest BCUT2D eigenvalue weighted by atomic mass is 10.3. The Kier molecular flexibility index (Phi) is 6.15.